The summed E-state index contributed by atoms with van der Waals surface area (Å²) in [6.07, 6.45) is 1.43. The Bertz CT molecular complexity index is 648. The summed E-state index contributed by atoms with van der Waals surface area (Å²) in [5, 5.41) is 4.83. The van der Waals surface area contributed by atoms with E-state index in [9.17, 15) is 4.79 Å². The Labute approximate surface area is 127 Å². The Morgan fingerprint density at radius 1 is 1.15 bits per heavy atom. The fraction of sp³-hybridized carbons (Fsp3) is 0.0667. The van der Waals surface area contributed by atoms with Crippen molar-refractivity contribution in [3.8, 4) is 0 Å². The molecule has 0 bridgehead atoms. The highest BCUT2D eigenvalue weighted by Crippen LogP contribution is 2.21. The summed E-state index contributed by atoms with van der Waals surface area (Å²) in [5.74, 6) is -0.284. The van der Waals surface area contributed by atoms with Gasteiger partial charge in [-0.2, -0.15) is 5.10 Å². The molecule has 0 aliphatic rings. The molecule has 0 aliphatic heterocycles. The lowest BCUT2D eigenvalue weighted by Gasteiger charge is -2.02. The van der Waals surface area contributed by atoms with Gasteiger partial charge in [-0.05, 0) is 31.2 Å². The van der Waals surface area contributed by atoms with E-state index in [0.29, 0.717) is 21.2 Å². The van der Waals surface area contributed by atoms with E-state index >= 15 is 0 Å². The molecule has 0 saturated carbocycles. The van der Waals surface area contributed by atoms with Crippen molar-refractivity contribution >= 4 is 35.3 Å². The fourth-order valence-corrected chi connectivity index (χ4v) is 2.14. The van der Waals surface area contributed by atoms with E-state index in [0.717, 1.165) is 5.56 Å². The predicted octanol–water partition coefficient (Wildman–Crippen LogP) is 4.07. The van der Waals surface area contributed by atoms with Crippen LogP contribution in [0, 0.1) is 6.92 Å². The van der Waals surface area contributed by atoms with Gasteiger partial charge in [0.25, 0.3) is 5.91 Å². The first kappa shape index (κ1) is 14.6. The average Bonchev–Trinajstić information content (AvgIpc) is 2.42. The minimum Gasteiger partial charge on any atom is -0.267 e. The molecule has 0 saturated heterocycles. The lowest BCUT2D eigenvalue weighted by molar-refractivity contribution is 0.0955. The van der Waals surface area contributed by atoms with Gasteiger partial charge in [0.1, 0.15) is 0 Å². The van der Waals surface area contributed by atoms with Crippen LogP contribution in [-0.4, -0.2) is 12.1 Å². The third-order valence-electron chi connectivity index (χ3n) is 2.64. The standard InChI is InChI=1S/C15H12Cl2N2O/c1-10-4-2-5-11(8-10)15(20)19-18-9-12-13(16)6-3-7-14(12)17/h2-9H,1H3,(H,19,20). The van der Waals surface area contributed by atoms with Crippen molar-refractivity contribution in [1.29, 1.82) is 0 Å². The van der Waals surface area contributed by atoms with Gasteiger partial charge in [-0.15, -0.1) is 0 Å². The quantitative estimate of drug-likeness (QED) is 0.674. The van der Waals surface area contributed by atoms with Crippen LogP contribution in [0.4, 0.5) is 0 Å². The summed E-state index contributed by atoms with van der Waals surface area (Å²) < 4.78 is 0. The molecule has 0 aromatic heterocycles. The highest BCUT2D eigenvalue weighted by Gasteiger charge is 2.05. The van der Waals surface area contributed by atoms with Crippen molar-refractivity contribution in [1.82, 2.24) is 5.43 Å². The van der Waals surface area contributed by atoms with E-state index in [4.69, 9.17) is 23.2 Å². The summed E-state index contributed by atoms with van der Waals surface area (Å²) >= 11 is 12.0. The molecule has 20 heavy (non-hydrogen) atoms. The van der Waals surface area contributed by atoms with Crippen molar-refractivity contribution < 1.29 is 4.79 Å². The Morgan fingerprint density at radius 3 is 2.45 bits per heavy atom. The molecule has 1 amide bonds. The first-order valence-electron chi connectivity index (χ1n) is 5.92. The van der Waals surface area contributed by atoms with Crippen molar-refractivity contribution in [3.05, 3.63) is 69.2 Å². The van der Waals surface area contributed by atoms with Crippen LogP contribution in [0.5, 0.6) is 0 Å². The molecule has 0 radical (unpaired) electrons. The van der Waals surface area contributed by atoms with Crippen LogP contribution in [0.3, 0.4) is 0 Å². The lowest BCUT2D eigenvalue weighted by atomic mass is 10.1. The monoisotopic (exact) mass is 306 g/mol. The minimum absolute atomic E-state index is 0.284. The maximum Gasteiger partial charge on any atom is 0.271 e. The molecule has 0 aliphatic carbocycles. The van der Waals surface area contributed by atoms with Crippen LogP contribution < -0.4 is 5.43 Å². The molecule has 1 N–H and O–H groups in total. The smallest absolute Gasteiger partial charge is 0.267 e. The van der Waals surface area contributed by atoms with Gasteiger partial charge in [-0.3, -0.25) is 4.79 Å². The number of hydrazone groups is 1. The van der Waals surface area contributed by atoms with E-state index in [2.05, 4.69) is 10.5 Å². The number of nitrogens with zero attached hydrogens (tertiary/aromatic N) is 1. The van der Waals surface area contributed by atoms with E-state index in [1.807, 2.05) is 19.1 Å². The second-order valence-electron chi connectivity index (χ2n) is 4.20. The summed E-state index contributed by atoms with van der Waals surface area (Å²) in [5.41, 5.74) is 4.57. The topological polar surface area (TPSA) is 41.5 Å². The molecule has 0 spiro atoms. The van der Waals surface area contributed by atoms with Gasteiger partial charge >= 0.3 is 0 Å². The highest BCUT2D eigenvalue weighted by atomic mass is 35.5. The Balaban J connectivity index is 2.09. The molecule has 0 atom stereocenters. The van der Waals surface area contributed by atoms with E-state index < -0.39 is 0 Å². The molecule has 5 heteroatoms. The zero-order valence-corrected chi connectivity index (χ0v) is 12.2. The second kappa shape index (κ2) is 6.55. The summed E-state index contributed by atoms with van der Waals surface area (Å²) in [7, 11) is 0. The van der Waals surface area contributed by atoms with Crippen molar-refractivity contribution in [2.45, 2.75) is 6.92 Å². The normalized spacial score (nSPS) is 10.8. The summed E-state index contributed by atoms with van der Waals surface area (Å²) in [4.78, 5) is 11.9. The minimum atomic E-state index is -0.284. The molecule has 0 fully saturated rings. The maximum absolute atomic E-state index is 11.9. The molecular formula is C15H12Cl2N2O. The number of aryl methyl sites for hydroxylation is 1. The highest BCUT2D eigenvalue weighted by molar-refractivity contribution is 6.38. The fourth-order valence-electron chi connectivity index (χ4n) is 1.64. The SMILES string of the molecule is Cc1cccc(C(=O)NN=Cc2c(Cl)cccc2Cl)c1. The number of hydrogen-bond donors (Lipinski definition) is 1. The zero-order valence-electron chi connectivity index (χ0n) is 10.7. The van der Waals surface area contributed by atoms with Crippen molar-refractivity contribution in [2.24, 2.45) is 5.10 Å². The summed E-state index contributed by atoms with van der Waals surface area (Å²) in [6, 6.07) is 12.4. The number of halogens is 2. The Morgan fingerprint density at radius 2 is 1.80 bits per heavy atom. The molecule has 0 unspecified atom stereocenters. The van der Waals surface area contributed by atoms with Gasteiger partial charge in [0.15, 0.2) is 0 Å². The number of hydrogen-bond acceptors (Lipinski definition) is 2. The molecule has 2 rings (SSSR count). The largest absolute Gasteiger partial charge is 0.271 e. The van der Waals surface area contributed by atoms with Gasteiger partial charge in [-0.25, -0.2) is 5.43 Å². The van der Waals surface area contributed by atoms with E-state index in [1.54, 1.807) is 30.3 Å². The zero-order chi connectivity index (χ0) is 14.5. The number of carbonyl (C=O) groups is 1. The molecular weight excluding hydrogens is 295 g/mol. The third-order valence-corrected chi connectivity index (χ3v) is 3.30. The van der Waals surface area contributed by atoms with Gasteiger partial charge in [-0.1, -0.05) is 47.0 Å². The lowest BCUT2D eigenvalue weighted by Crippen LogP contribution is -2.17. The summed E-state index contributed by atoms with van der Waals surface area (Å²) in [6.45, 7) is 1.92. The van der Waals surface area contributed by atoms with E-state index in [-0.39, 0.29) is 5.91 Å². The molecule has 102 valence electrons. The molecule has 0 heterocycles. The average molecular weight is 307 g/mol. The predicted molar refractivity (Wildman–Crippen MR) is 82.7 cm³/mol. The van der Waals surface area contributed by atoms with Gasteiger partial charge < -0.3 is 0 Å². The van der Waals surface area contributed by atoms with Crippen LogP contribution in [0.1, 0.15) is 21.5 Å². The number of benzene rings is 2. The number of nitrogens with one attached hydrogen (secondary N) is 1. The van der Waals surface area contributed by atoms with Gasteiger partial charge in [0, 0.05) is 11.1 Å². The Kier molecular flexibility index (Phi) is 4.77. The van der Waals surface area contributed by atoms with Crippen molar-refractivity contribution in [2.75, 3.05) is 0 Å². The van der Waals surface area contributed by atoms with Crippen LogP contribution in [0.25, 0.3) is 0 Å². The van der Waals surface area contributed by atoms with Crippen LogP contribution in [0.15, 0.2) is 47.6 Å². The first-order chi connectivity index (χ1) is 9.58. The second-order valence-corrected chi connectivity index (χ2v) is 5.02. The molecule has 2 aromatic rings. The van der Waals surface area contributed by atoms with Gasteiger partial charge in [0.2, 0.25) is 0 Å². The van der Waals surface area contributed by atoms with E-state index in [1.165, 1.54) is 6.21 Å². The molecule has 2 aromatic carbocycles. The first-order valence-corrected chi connectivity index (χ1v) is 6.67. The number of carbonyl (C=O) groups excluding carboxylic acids is 1. The number of amides is 1. The van der Waals surface area contributed by atoms with Gasteiger partial charge in [0.05, 0.1) is 16.3 Å². The molecule has 3 nitrogen and oxygen atoms in total. The maximum atomic E-state index is 11.9. The Hall–Kier alpha value is -1.84. The van der Waals surface area contributed by atoms with Crippen LogP contribution in [0.2, 0.25) is 10.0 Å². The van der Waals surface area contributed by atoms with Crippen LogP contribution >= 0.6 is 23.2 Å². The number of rotatable bonds is 3. The van der Waals surface area contributed by atoms with Crippen molar-refractivity contribution in [3.63, 3.8) is 0 Å². The third kappa shape index (κ3) is 3.59. The van der Waals surface area contributed by atoms with Crippen LogP contribution in [-0.2, 0) is 0 Å².